The predicted molar refractivity (Wildman–Crippen MR) is 118 cm³/mol. The number of hydrogen-bond acceptors (Lipinski definition) is 4. The minimum Gasteiger partial charge on any atom is -0.505 e. The van der Waals surface area contributed by atoms with Crippen molar-refractivity contribution in [3.05, 3.63) is 102 Å². The number of nitrogens with one attached hydrogen (secondary N) is 1. The van der Waals surface area contributed by atoms with Gasteiger partial charge >= 0.3 is 0 Å². The number of pyridine rings is 2. The maximum atomic E-state index is 10.7. The van der Waals surface area contributed by atoms with Gasteiger partial charge in [-0.25, -0.2) is 0 Å². The number of aromatic hydroxyl groups is 1. The zero-order valence-corrected chi connectivity index (χ0v) is 15.7. The van der Waals surface area contributed by atoms with Crippen molar-refractivity contribution in [2.75, 3.05) is 5.32 Å². The lowest BCUT2D eigenvalue weighted by atomic mass is 10.0. The number of aromatic nitrogens is 2. The van der Waals surface area contributed by atoms with Crippen LogP contribution in [0.25, 0.3) is 21.8 Å². The first-order chi connectivity index (χ1) is 14.3. The molecule has 2 N–H and O–H groups in total. The van der Waals surface area contributed by atoms with Gasteiger partial charge in [-0.3, -0.25) is 9.97 Å². The van der Waals surface area contributed by atoms with Crippen LogP contribution >= 0.6 is 0 Å². The Balaban J connectivity index is 1.48. The summed E-state index contributed by atoms with van der Waals surface area (Å²) in [4.78, 5) is 8.86. The Hall–Kier alpha value is -3.92. The van der Waals surface area contributed by atoms with Crippen molar-refractivity contribution in [3.8, 4) is 5.75 Å². The van der Waals surface area contributed by atoms with Crippen LogP contribution in [-0.4, -0.2) is 15.1 Å². The fourth-order valence-electron chi connectivity index (χ4n) is 3.61. The van der Waals surface area contributed by atoms with Crippen molar-refractivity contribution in [2.45, 2.75) is 6.42 Å². The Morgan fingerprint density at radius 3 is 2.55 bits per heavy atom. The maximum absolute atomic E-state index is 10.7. The molecule has 29 heavy (non-hydrogen) atoms. The first-order valence-corrected chi connectivity index (χ1v) is 9.53. The second-order valence-electron chi connectivity index (χ2n) is 7.02. The molecule has 2 heterocycles. The van der Waals surface area contributed by atoms with Crippen molar-refractivity contribution >= 4 is 33.2 Å². The lowest BCUT2D eigenvalue weighted by molar-refractivity contribution is 0.474. The first kappa shape index (κ1) is 17.2. The van der Waals surface area contributed by atoms with E-state index in [4.69, 9.17) is 0 Å². The van der Waals surface area contributed by atoms with Crippen molar-refractivity contribution in [2.24, 2.45) is 0 Å². The summed E-state index contributed by atoms with van der Waals surface area (Å²) in [5.41, 5.74) is 5.47. The lowest BCUT2D eigenvalue weighted by Crippen LogP contribution is -1.98. The van der Waals surface area contributed by atoms with Crippen molar-refractivity contribution < 1.29 is 5.11 Å². The Bertz CT molecular complexity index is 1330. The van der Waals surface area contributed by atoms with Crippen LogP contribution in [0.1, 0.15) is 11.1 Å². The molecule has 0 unspecified atom stereocenters. The summed E-state index contributed by atoms with van der Waals surface area (Å²) >= 11 is 0. The zero-order valence-electron chi connectivity index (χ0n) is 15.7. The quantitative estimate of drug-likeness (QED) is 0.414. The van der Waals surface area contributed by atoms with Gasteiger partial charge in [0.05, 0.1) is 17.4 Å². The van der Waals surface area contributed by atoms with E-state index in [9.17, 15) is 5.11 Å². The molecule has 3 aromatic carbocycles. The fraction of sp³-hybridized carbons (Fsp3) is 0.0400. The number of phenolic OH excluding ortho intramolecular Hbond substituents is 1. The molecule has 0 spiro atoms. The van der Waals surface area contributed by atoms with Gasteiger partial charge in [-0.2, -0.15) is 0 Å². The molecule has 5 rings (SSSR count). The number of benzene rings is 3. The average Bonchev–Trinajstić information content (AvgIpc) is 2.77. The Kier molecular flexibility index (Phi) is 4.30. The molecule has 0 amide bonds. The second-order valence-corrected chi connectivity index (χ2v) is 7.02. The molecule has 0 atom stereocenters. The molecular formula is C25H19N3O. The molecule has 2 aromatic heterocycles. The Morgan fingerprint density at radius 1 is 0.759 bits per heavy atom. The largest absolute Gasteiger partial charge is 0.505 e. The van der Waals surface area contributed by atoms with Crippen LogP contribution < -0.4 is 5.32 Å². The highest BCUT2D eigenvalue weighted by atomic mass is 16.3. The van der Waals surface area contributed by atoms with Crippen LogP contribution in [0.4, 0.5) is 11.4 Å². The summed E-state index contributed by atoms with van der Waals surface area (Å²) in [5, 5.41) is 16.2. The molecule has 0 radical (unpaired) electrons. The van der Waals surface area contributed by atoms with Crippen LogP contribution in [0, 0.1) is 0 Å². The van der Waals surface area contributed by atoms with E-state index in [1.165, 1.54) is 0 Å². The standard InChI is InChI=1S/C25H19N3O/c29-25-20(12-11-17-8-5-13-26-24(17)25)14-18-6-2-4-10-23(18)28-21-15-19-7-1-3-9-22(19)27-16-21/h1-13,15-16,28-29H,14H2. The van der Waals surface area contributed by atoms with Crippen molar-refractivity contribution in [1.29, 1.82) is 0 Å². The van der Waals surface area contributed by atoms with Gasteiger partial charge in [-0.05, 0) is 29.8 Å². The van der Waals surface area contributed by atoms with Crippen LogP contribution in [0.15, 0.2) is 91.3 Å². The van der Waals surface area contributed by atoms with Crippen LogP contribution in [0.3, 0.4) is 0 Å². The number of nitrogens with zero attached hydrogens (tertiary/aromatic N) is 2. The third-order valence-electron chi connectivity index (χ3n) is 5.10. The van der Waals surface area contributed by atoms with Gasteiger partial charge in [0.15, 0.2) is 0 Å². The minimum atomic E-state index is 0.241. The molecule has 0 aliphatic rings. The second kappa shape index (κ2) is 7.24. The minimum absolute atomic E-state index is 0.241. The summed E-state index contributed by atoms with van der Waals surface area (Å²) < 4.78 is 0. The van der Waals surface area contributed by atoms with Gasteiger partial charge in [0.1, 0.15) is 11.3 Å². The predicted octanol–water partition coefficient (Wildman–Crippen LogP) is 5.82. The SMILES string of the molecule is Oc1c(Cc2ccccc2Nc2cnc3ccccc3c2)ccc2cccnc12. The summed E-state index contributed by atoms with van der Waals surface area (Å²) in [5.74, 6) is 0.241. The molecule has 0 aliphatic heterocycles. The average molecular weight is 377 g/mol. The third-order valence-corrected chi connectivity index (χ3v) is 5.10. The molecule has 4 nitrogen and oxygen atoms in total. The van der Waals surface area contributed by atoms with E-state index >= 15 is 0 Å². The van der Waals surface area contributed by atoms with Gasteiger partial charge in [0, 0.05) is 34.6 Å². The van der Waals surface area contributed by atoms with Gasteiger partial charge < -0.3 is 10.4 Å². The van der Waals surface area contributed by atoms with Crippen molar-refractivity contribution in [1.82, 2.24) is 9.97 Å². The van der Waals surface area contributed by atoms with Crippen molar-refractivity contribution in [3.63, 3.8) is 0 Å². The van der Waals surface area contributed by atoms with Gasteiger partial charge in [0.2, 0.25) is 0 Å². The number of rotatable bonds is 4. The molecule has 0 fully saturated rings. The molecule has 0 saturated carbocycles. The highest BCUT2D eigenvalue weighted by molar-refractivity contribution is 5.86. The number of fused-ring (bicyclic) bond motifs is 2. The third kappa shape index (κ3) is 3.36. The molecular weight excluding hydrogens is 358 g/mol. The van der Waals surface area contributed by atoms with Crippen LogP contribution in [0.5, 0.6) is 5.75 Å². The summed E-state index contributed by atoms with van der Waals surface area (Å²) in [6.07, 6.45) is 4.15. The molecule has 140 valence electrons. The lowest BCUT2D eigenvalue weighted by Gasteiger charge is -2.14. The van der Waals surface area contributed by atoms with Crippen LogP contribution in [0.2, 0.25) is 0 Å². The topological polar surface area (TPSA) is 58.0 Å². The van der Waals surface area contributed by atoms with E-state index < -0.39 is 0 Å². The monoisotopic (exact) mass is 377 g/mol. The van der Waals surface area contributed by atoms with E-state index in [2.05, 4.69) is 33.5 Å². The fourth-order valence-corrected chi connectivity index (χ4v) is 3.61. The van der Waals surface area contributed by atoms with E-state index in [0.29, 0.717) is 11.9 Å². The maximum Gasteiger partial charge on any atom is 0.145 e. The summed E-state index contributed by atoms with van der Waals surface area (Å²) in [6, 6.07) is 26.1. The zero-order chi connectivity index (χ0) is 19.6. The van der Waals surface area contributed by atoms with E-state index in [1.54, 1.807) is 6.20 Å². The number of anilines is 2. The molecule has 0 saturated heterocycles. The number of hydrogen-bond donors (Lipinski definition) is 2. The van der Waals surface area contributed by atoms with Gasteiger partial charge in [-0.1, -0.05) is 54.6 Å². The highest BCUT2D eigenvalue weighted by Crippen LogP contribution is 2.31. The molecule has 5 aromatic rings. The summed E-state index contributed by atoms with van der Waals surface area (Å²) in [6.45, 7) is 0. The molecule has 0 aliphatic carbocycles. The number of phenols is 1. The smallest absolute Gasteiger partial charge is 0.145 e. The summed E-state index contributed by atoms with van der Waals surface area (Å²) in [7, 11) is 0. The van der Waals surface area contributed by atoms with E-state index in [1.807, 2.05) is 66.9 Å². The Morgan fingerprint density at radius 2 is 1.59 bits per heavy atom. The highest BCUT2D eigenvalue weighted by Gasteiger charge is 2.11. The van der Waals surface area contributed by atoms with Gasteiger partial charge in [-0.15, -0.1) is 0 Å². The Labute approximate surface area is 168 Å². The van der Waals surface area contributed by atoms with E-state index in [-0.39, 0.29) is 5.75 Å². The molecule has 0 bridgehead atoms. The molecule has 4 heteroatoms. The number of para-hydroxylation sites is 2. The van der Waals surface area contributed by atoms with Gasteiger partial charge in [0.25, 0.3) is 0 Å². The first-order valence-electron chi connectivity index (χ1n) is 9.53. The van der Waals surface area contributed by atoms with E-state index in [0.717, 1.165) is 38.8 Å². The normalized spacial score (nSPS) is 11.0. The van der Waals surface area contributed by atoms with Crippen LogP contribution in [-0.2, 0) is 6.42 Å².